The van der Waals surface area contributed by atoms with Gasteiger partial charge in [0.25, 0.3) is 0 Å². The van der Waals surface area contributed by atoms with Crippen molar-refractivity contribution in [2.45, 2.75) is 35.1 Å². The fourth-order valence-electron chi connectivity index (χ4n) is 0.681. The first-order valence-corrected chi connectivity index (χ1v) is 5.13. The van der Waals surface area contributed by atoms with Gasteiger partial charge in [-0.25, -0.2) is 0 Å². The number of hydrogen-bond donors (Lipinski definition) is 1. The number of halogens is 1. The molecule has 0 saturated carbocycles. The topological polar surface area (TPSA) is 29.1 Å². The van der Waals surface area contributed by atoms with Gasteiger partial charge in [0.2, 0.25) is 5.91 Å². The van der Waals surface area contributed by atoms with Crippen LogP contribution in [0, 0.1) is 5.41 Å². The molecule has 0 aromatic carbocycles. The maximum absolute atomic E-state index is 11.6. The van der Waals surface area contributed by atoms with E-state index < -0.39 is 0 Å². The molecule has 0 bridgehead atoms. The highest BCUT2D eigenvalue weighted by molar-refractivity contribution is 6.31. The highest BCUT2D eigenvalue weighted by Crippen LogP contribution is 2.13. The molecule has 0 saturated heterocycles. The molecule has 0 aliphatic carbocycles. The first-order valence-electron chi connectivity index (χ1n) is 4.75. The summed E-state index contributed by atoms with van der Waals surface area (Å²) in [6.07, 6.45) is 4.97. The van der Waals surface area contributed by atoms with E-state index in [2.05, 4.69) is 11.9 Å². The van der Waals surface area contributed by atoms with Gasteiger partial charge in [-0.15, -0.1) is 0 Å². The number of rotatable bonds is 3. The summed E-state index contributed by atoms with van der Waals surface area (Å²) in [4.78, 5) is 11.6. The molecule has 0 fully saturated rings. The van der Waals surface area contributed by atoms with E-state index in [1.54, 1.807) is 12.2 Å². The lowest BCUT2D eigenvalue weighted by Crippen LogP contribution is -2.33. The van der Waals surface area contributed by atoms with Gasteiger partial charge >= 0.3 is 0 Å². The Morgan fingerprint density at radius 3 is 2.19 bits per heavy atom. The van der Waals surface area contributed by atoms with Crippen LogP contribution in [0.1, 0.15) is 35.1 Å². The molecule has 0 aromatic rings. The molecule has 0 unspecified atom stereocenters. The molecule has 16 heavy (non-hydrogen) atoms. The molecular weight excluding hydrogens is 222 g/mol. The number of allylic oxidation sites excluding steroid dienone is 5. The lowest BCUT2D eigenvalue weighted by molar-refractivity contribution is -0.127. The molecule has 0 radical (unpaired) electrons. The van der Waals surface area contributed by atoms with Crippen LogP contribution in [0.4, 0.5) is 0 Å². The second-order valence-electron chi connectivity index (χ2n) is 4.31. The van der Waals surface area contributed by atoms with Crippen molar-refractivity contribution in [2.75, 3.05) is 0 Å². The zero-order valence-corrected chi connectivity index (χ0v) is 10.5. The third-order valence-corrected chi connectivity index (χ3v) is 1.96. The zero-order valence-electron chi connectivity index (χ0n) is 9.73. The molecule has 0 rings (SSSR count). The van der Waals surface area contributed by atoms with E-state index in [1.165, 1.54) is 6.08 Å². The minimum atomic E-state index is -0.388. The minimum absolute atomic E-state index is 0. The first-order chi connectivity index (χ1) is 6.77. The van der Waals surface area contributed by atoms with Crippen molar-refractivity contribution in [2.24, 2.45) is 5.41 Å². The monoisotopic (exact) mass is 243 g/mol. The van der Waals surface area contributed by atoms with Crippen LogP contribution in [0.25, 0.3) is 0 Å². The Labute approximate surface area is 104 Å². The Morgan fingerprint density at radius 2 is 1.81 bits per heavy atom. The predicted octanol–water partition coefficient (Wildman–Crippen LogP) is 4.00. The zero-order chi connectivity index (χ0) is 12.1. The lowest BCUT2D eigenvalue weighted by atomic mass is 9.95. The summed E-state index contributed by atoms with van der Waals surface area (Å²) in [7, 11) is 0. The summed E-state index contributed by atoms with van der Waals surface area (Å²) in [5.41, 5.74) is 0.371. The summed E-state index contributed by atoms with van der Waals surface area (Å²) in [6, 6.07) is 0. The molecule has 1 N–H and O–H groups in total. The standard InChI is InChI=1S/C12H18ClNO.CH4/c1-6-10(13)8-7-9(2)14-11(15)12(3,4)5;/h6-8H,1H2,2-5H3,(H,14,15);1H4/b9-7+,10-8+;. The Balaban J connectivity index is 0. The van der Waals surface area contributed by atoms with Crippen molar-refractivity contribution in [3.8, 4) is 0 Å². The van der Waals surface area contributed by atoms with E-state index in [0.29, 0.717) is 5.03 Å². The van der Waals surface area contributed by atoms with Gasteiger partial charge in [-0.1, -0.05) is 52.5 Å². The molecule has 2 nitrogen and oxygen atoms in total. The third-order valence-electron chi connectivity index (χ3n) is 1.68. The van der Waals surface area contributed by atoms with E-state index in [-0.39, 0.29) is 18.7 Å². The molecule has 1 amide bonds. The van der Waals surface area contributed by atoms with Crippen LogP contribution in [0.5, 0.6) is 0 Å². The van der Waals surface area contributed by atoms with Gasteiger partial charge in [-0.05, 0) is 19.1 Å². The predicted molar refractivity (Wildman–Crippen MR) is 72.2 cm³/mol. The minimum Gasteiger partial charge on any atom is -0.330 e. The summed E-state index contributed by atoms with van der Waals surface area (Å²) < 4.78 is 0. The average Bonchev–Trinajstić information content (AvgIpc) is 2.12. The molecule has 3 heteroatoms. The van der Waals surface area contributed by atoms with Crippen LogP contribution in [0.15, 0.2) is 35.5 Å². The molecule has 0 aliphatic rings. The van der Waals surface area contributed by atoms with Crippen molar-refractivity contribution in [1.82, 2.24) is 5.32 Å². The van der Waals surface area contributed by atoms with Gasteiger partial charge in [-0.2, -0.15) is 0 Å². The Morgan fingerprint density at radius 1 is 1.31 bits per heavy atom. The smallest absolute Gasteiger partial charge is 0.229 e. The Bertz CT molecular complexity index is 308. The van der Waals surface area contributed by atoms with E-state index in [9.17, 15) is 4.79 Å². The van der Waals surface area contributed by atoms with Crippen LogP contribution in [-0.2, 0) is 4.79 Å². The first kappa shape index (κ1) is 17.4. The number of carbonyl (C=O) groups is 1. The average molecular weight is 244 g/mol. The largest absolute Gasteiger partial charge is 0.330 e. The van der Waals surface area contributed by atoms with Crippen LogP contribution in [0.2, 0.25) is 0 Å². The summed E-state index contributed by atoms with van der Waals surface area (Å²) in [5, 5.41) is 3.33. The second kappa shape index (κ2) is 7.29. The van der Waals surface area contributed by atoms with Crippen molar-refractivity contribution in [3.05, 3.63) is 35.5 Å². The van der Waals surface area contributed by atoms with Gasteiger partial charge < -0.3 is 5.32 Å². The Hall–Kier alpha value is -1.02. The maximum atomic E-state index is 11.6. The number of carbonyl (C=O) groups excluding carboxylic acids is 1. The van der Waals surface area contributed by atoms with Crippen molar-refractivity contribution < 1.29 is 4.79 Å². The van der Waals surface area contributed by atoms with Gasteiger partial charge in [-0.3, -0.25) is 4.79 Å². The number of hydrogen-bond acceptors (Lipinski definition) is 1. The van der Waals surface area contributed by atoms with Crippen LogP contribution < -0.4 is 5.32 Å². The highest BCUT2D eigenvalue weighted by Gasteiger charge is 2.20. The molecular formula is C13H22ClNO. The van der Waals surface area contributed by atoms with Gasteiger partial charge in [0, 0.05) is 16.1 Å². The number of nitrogens with one attached hydrogen (secondary N) is 1. The SMILES string of the molecule is C.C=C/C(Cl)=C\C=C(/C)NC(=O)C(C)(C)C. The Kier molecular flexibility index (Phi) is 7.91. The molecule has 92 valence electrons. The summed E-state index contributed by atoms with van der Waals surface area (Å²) in [6.45, 7) is 10.9. The van der Waals surface area contributed by atoms with Crippen LogP contribution in [-0.4, -0.2) is 5.91 Å². The summed E-state index contributed by atoms with van der Waals surface area (Å²) in [5.74, 6) is -0.0145. The fraction of sp³-hybridized carbons (Fsp3) is 0.462. The second-order valence-corrected chi connectivity index (χ2v) is 4.75. The number of amides is 1. The van der Waals surface area contributed by atoms with E-state index in [1.807, 2.05) is 27.7 Å². The van der Waals surface area contributed by atoms with E-state index >= 15 is 0 Å². The normalized spacial score (nSPS) is 12.8. The third kappa shape index (κ3) is 7.30. The molecule has 0 aliphatic heterocycles. The summed E-state index contributed by atoms with van der Waals surface area (Å²) >= 11 is 5.72. The molecule has 0 aromatic heterocycles. The fourth-order valence-corrected chi connectivity index (χ4v) is 0.744. The van der Waals surface area contributed by atoms with Gasteiger partial charge in [0.05, 0.1) is 0 Å². The van der Waals surface area contributed by atoms with Crippen LogP contribution >= 0.6 is 11.6 Å². The maximum Gasteiger partial charge on any atom is 0.229 e. The van der Waals surface area contributed by atoms with Gasteiger partial charge in [0.15, 0.2) is 0 Å². The quantitative estimate of drug-likeness (QED) is 0.746. The lowest BCUT2D eigenvalue weighted by Gasteiger charge is -2.17. The van der Waals surface area contributed by atoms with Gasteiger partial charge in [0.1, 0.15) is 0 Å². The van der Waals surface area contributed by atoms with Crippen molar-refractivity contribution in [1.29, 1.82) is 0 Å². The van der Waals surface area contributed by atoms with E-state index in [0.717, 1.165) is 5.70 Å². The highest BCUT2D eigenvalue weighted by atomic mass is 35.5. The van der Waals surface area contributed by atoms with Crippen molar-refractivity contribution >= 4 is 17.5 Å². The molecule has 0 spiro atoms. The van der Waals surface area contributed by atoms with E-state index in [4.69, 9.17) is 11.6 Å². The molecule has 0 heterocycles. The molecule has 0 atom stereocenters. The van der Waals surface area contributed by atoms with Crippen LogP contribution in [0.3, 0.4) is 0 Å². The van der Waals surface area contributed by atoms with Crippen molar-refractivity contribution in [3.63, 3.8) is 0 Å².